The predicted octanol–water partition coefficient (Wildman–Crippen LogP) is 2.26. The fraction of sp³-hybridized carbons (Fsp3) is 0.375. The Morgan fingerprint density at radius 2 is 2.17 bits per heavy atom. The van der Waals surface area contributed by atoms with E-state index in [1.165, 1.54) is 29.9 Å². The van der Waals surface area contributed by atoms with Gasteiger partial charge < -0.3 is 15.1 Å². The van der Waals surface area contributed by atoms with Crippen molar-refractivity contribution in [2.45, 2.75) is 26.7 Å². The SMILES string of the molecule is CC1(C)CC(=O)c2sc(NC(=O)CNC(=O)c3ccoc3)nc2C1. The molecule has 0 atom stereocenters. The van der Waals surface area contributed by atoms with Gasteiger partial charge in [-0.1, -0.05) is 25.2 Å². The molecule has 0 spiro atoms. The molecule has 2 amide bonds. The lowest BCUT2D eigenvalue weighted by Crippen LogP contribution is -2.32. The van der Waals surface area contributed by atoms with Crippen LogP contribution in [0.1, 0.15) is 46.0 Å². The van der Waals surface area contributed by atoms with E-state index in [1.54, 1.807) is 0 Å². The van der Waals surface area contributed by atoms with Crippen LogP contribution in [0.4, 0.5) is 5.13 Å². The monoisotopic (exact) mass is 347 g/mol. The number of aromatic nitrogens is 1. The number of nitrogens with one attached hydrogen (secondary N) is 2. The number of hydrogen-bond donors (Lipinski definition) is 2. The molecule has 0 aliphatic heterocycles. The minimum absolute atomic E-state index is 0.0625. The zero-order valence-electron chi connectivity index (χ0n) is 13.3. The van der Waals surface area contributed by atoms with Gasteiger partial charge in [0.1, 0.15) is 6.26 Å². The second-order valence-electron chi connectivity index (χ2n) is 6.48. The number of amides is 2. The van der Waals surface area contributed by atoms with Crippen LogP contribution in [-0.2, 0) is 11.2 Å². The Hall–Kier alpha value is -2.48. The van der Waals surface area contributed by atoms with Gasteiger partial charge >= 0.3 is 0 Å². The average molecular weight is 347 g/mol. The van der Waals surface area contributed by atoms with Crippen molar-refractivity contribution >= 4 is 34.1 Å². The van der Waals surface area contributed by atoms with E-state index in [-0.39, 0.29) is 17.7 Å². The number of carbonyl (C=O) groups excluding carboxylic acids is 3. The Balaban J connectivity index is 1.60. The number of Topliss-reactive ketones (excluding diaryl/α,β-unsaturated/α-hetero) is 1. The second-order valence-corrected chi connectivity index (χ2v) is 7.48. The first-order chi connectivity index (χ1) is 11.3. The van der Waals surface area contributed by atoms with Gasteiger partial charge in [-0.3, -0.25) is 14.4 Å². The highest BCUT2D eigenvalue weighted by Gasteiger charge is 2.34. The Labute approximate surface area is 142 Å². The van der Waals surface area contributed by atoms with Crippen LogP contribution in [0.5, 0.6) is 0 Å². The maximum absolute atomic E-state index is 12.1. The maximum atomic E-state index is 12.1. The highest BCUT2D eigenvalue weighted by molar-refractivity contribution is 7.17. The summed E-state index contributed by atoms with van der Waals surface area (Å²) in [7, 11) is 0. The van der Waals surface area contributed by atoms with Gasteiger partial charge in [0.05, 0.1) is 28.9 Å². The Bertz CT molecular complexity index is 792. The third-order valence-electron chi connectivity index (χ3n) is 3.67. The molecule has 2 heterocycles. The summed E-state index contributed by atoms with van der Waals surface area (Å²) in [6, 6.07) is 1.51. The molecule has 1 aliphatic carbocycles. The van der Waals surface area contributed by atoms with E-state index < -0.39 is 11.8 Å². The highest BCUT2D eigenvalue weighted by atomic mass is 32.1. The van der Waals surface area contributed by atoms with Crippen LogP contribution in [0.15, 0.2) is 23.0 Å². The first kappa shape index (κ1) is 16.4. The van der Waals surface area contributed by atoms with E-state index >= 15 is 0 Å². The number of rotatable bonds is 4. The molecule has 0 radical (unpaired) electrons. The van der Waals surface area contributed by atoms with E-state index in [4.69, 9.17) is 4.42 Å². The molecule has 0 fully saturated rings. The van der Waals surface area contributed by atoms with Crippen LogP contribution in [0.25, 0.3) is 0 Å². The third kappa shape index (κ3) is 3.53. The first-order valence-electron chi connectivity index (χ1n) is 7.47. The number of carbonyl (C=O) groups is 3. The molecule has 126 valence electrons. The molecule has 2 aromatic heterocycles. The zero-order chi connectivity index (χ0) is 17.3. The lowest BCUT2D eigenvalue weighted by atomic mass is 9.78. The Morgan fingerprint density at radius 1 is 1.38 bits per heavy atom. The van der Waals surface area contributed by atoms with Crippen molar-refractivity contribution in [3.05, 3.63) is 34.7 Å². The maximum Gasteiger partial charge on any atom is 0.254 e. The topological polar surface area (TPSA) is 101 Å². The van der Waals surface area contributed by atoms with Crippen molar-refractivity contribution in [3.63, 3.8) is 0 Å². The molecule has 0 saturated carbocycles. The quantitative estimate of drug-likeness (QED) is 0.883. The molecule has 2 N–H and O–H groups in total. The molecule has 0 bridgehead atoms. The molecule has 3 rings (SSSR count). The van der Waals surface area contributed by atoms with Crippen molar-refractivity contribution in [2.24, 2.45) is 5.41 Å². The Kier molecular flexibility index (Phi) is 4.23. The zero-order valence-corrected chi connectivity index (χ0v) is 14.2. The minimum Gasteiger partial charge on any atom is -0.472 e. The number of fused-ring (bicyclic) bond motifs is 1. The lowest BCUT2D eigenvalue weighted by Gasteiger charge is -2.26. The number of nitrogens with zero attached hydrogens (tertiary/aromatic N) is 1. The van der Waals surface area contributed by atoms with Gasteiger partial charge in [-0.05, 0) is 17.9 Å². The number of furan rings is 1. The van der Waals surface area contributed by atoms with Gasteiger partial charge in [-0.25, -0.2) is 4.98 Å². The Morgan fingerprint density at radius 3 is 2.88 bits per heavy atom. The van der Waals surface area contributed by atoms with E-state index in [0.29, 0.717) is 28.4 Å². The molecule has 24 heavy (non-hydrogen) atoms. The fourth-order valence-corrected chi connectivity index (χ4v) is 3.53. The standard InChI is InChI=1S/C16H17N3O4S/c1-16(2)5-10-13(11(20)6-16)24-15(18-10)19-12(21)7-17-14(22)9-3-4-23-8-9/h3-4,8H,5-7H2,1-2H3,(H,17,22)(H,18,19,21). The normalized spacial score (nSPS) is 15.7. The molecule has 2 aromatic rings. The van der Waals surface area contributed by atoms with Crippen LogP contribution in [0, 0.1) is 5.41 Å². The van der Waals surface area contributed by atoms with Crippen molar-refractivity contribution in [2.75, 3.05) is 11.9 Å². The van der Waals surface area contributed by atoms with Gasteiger partial charge in [0.25, 0.3) is 5.91 Å². The van der Waals surface area contributed by atoms with E-state index in [0.717, 1.165) is 5.69 Å². The van der Waals surface area contributed by atoms with Crippen molar-refractivity contribution in [3.8, 4) is 0 Å². The molecule has 7 nitrogen and oxygen atoms in total. The number of anilines is 1. The van der Waals surface area contributed by atoms with E-state index in [1.807, 2.05) is 13.8 Å². The van der Waals surface area contributed by atoms with Gasteiger partial charge in [0.2, 0.25) is 5.91 Å². The molecule has 8 heteroatoms. The summed E-state index contributed by atoms with van der Waals surface area (Å²) in [5, 5.41) is 5.50. The number of thiazole rings is 1. The van der Waals surface area contributed by atoms with Crippen molar-refractivity contribution < 1.29 is 18.8 Å². The smallest absolute Gasteiger partial charge is 0.254 e. The summed E-state index contributed by atoms with van der Waals surface area (Å²) < 4.78 is 4.81. The van der Waals surface area contributed by atoms with Gasteiger partial charge in [-0.2, -0.15) is 0 Å². The van der Waals surface area contributed by atoms with Crippen LogP contribution in [0.2, 0.25) is 0 Å². The van der Waals surface area contributed by atoms with Gasteiger partial charge in [-0.15, -0.1) is 0 Å². The second kappa shape index (κ2) is 6.20. The highest BCUT2D eigenvalue weighted by Crippen LogP contribution is 2.38. The van der Waals surface area contributed by atoms with E-state index in [9.17, 15) is 14.4 Å². The largest absolute Gasteiger partial charge is 0.472 e. The van der Waals surface area contributed by atoms with Gasteiger partial charge in [0.15, 0.2) is 10.9 Å². The van der Waals surface area contributed by atoms with Crippen LogP contribution in [-0.4, -0.2) is 29.1 Å². The predicted molar refractivity (Wildman–Crippen MR) is 88.2 cm³/mol. The number of ketones is 1. The first-order valence-corrected chi connectivity index (χ1v) is 8.29. The lowest BCUT2D eigenvalue weighted by molar-refractivity contribution is -0.115. The van der Waals surface area contributed by atoms with Gasteiger partial charge in [0, 0.05) is 6.42 Å². The summed E-state index contributed by atoms with van der Waals surface area (Å²) in [4.78, 5) is 40.8. The average Bonchev–Trinajstić information content (AvgIpc) is 3.13. The molecular formula is C16H17N3O4S. The van der Waals surface area contributed by atoms with Crippen LogP contribution >= 0.6 is 11.3 Å². The van der Waals surface area contributed by atoms with Crippen molar-refractivity contribution in [1.29, 1.82) is 0 Å². The van der Waals surface area contributed by atoms with E-state index in [2.05, 4.69) is 15.6 Å². The van der Waals surface area contributed by atoms with Crippen LogP contribution < -0.4 is 10.6 Å². The third-order valence-corrected chi connectivity index (χ3v) is 4.73. The van der Waals surface area contributed by atoms with Crippen molar-refractivity contribution in [1.82, 2.24) is 10.3 Å². The molecule has 0 unspecified atom stereocenters. The summed E-state index contributed by atoms with van der Waals surface area (Å²) in [5.41, 5.74) is 0.970. The fourth-order valence-electron chi connectivity index (χ4n) is 2.59. The minimum atomic E-state index is -0.398. The molecule has 0 aromatic carbocycles. The number of hydrogen-bond acceptors (Lipinski definition) is 6. The molecule has 1 aliphatic rings. The van der Waals surface area contributed by atoms with Crippen LogP contribution in [0.3, 0.4) is 0 Å². The summed E-state index contributed by atoms with van der Waals surface area (Å²) >= 11 is 1.18. The molecule has 0 saturated heterocycles. The summed E-state index contributed by atoms with van der Waals surface area (Å²) in [5.74, 6) is -0.730. The molecular weight excluding hydrogens is 330 g/mol. The summed E-state index contributed by atoms with van der Waals surface area (Å²) in [6.45, 7) is 3.86. The summed E-state index contributed by atoms with van der Waals surface area (Å²) in [6.07, 6.45) is 3.87.